The Morgan fingerprint density at radius 1 is 1.28 bits per heavy atom. The summed E-state index contributed by atoms with van der Waals surface area (Å²) >= 11 is 0. The first-order valence-electron chi connectivity index (χ1n) is 7.11. The normalized spacial score (nSPS) is 15.2. The predicted molar refractivity (Wildman–Crippen MR) is 81.8 cm³/mol. The van der Waals surface area contributed by atoms with Crippen LogP contribution in [0.5, 0.6) is 0 Å². The minimum atomic E-state index is 0.210. The summed E-state index contributed by atoms with van der Waals surface area (Å²) in [4.78, 5) is 0. The van der Waals surface area contributed by atoms with E-state index in [0.29, 0.717) is 5.76 Å². The second-order valence-corrected chi connectivity index (χ2v) is 5.54. The number of hydrogen-bond donors (Lipinski definition) is 1. The van der Waals surface area contributed by atoms with Gasteiger partial charge in [-0.25, -0.2) is 0 Å². The lowest BCUT2D eigenvalue weighted by atomic mass is 9.97. The van der Waals surface area contributed by atoms with Gasteiger partial charge in [-0.3, -0.25) is 0 Å². The van der Waals surface area contributed by atoms with Gasteiger partial charge < -0.3 is 5.11 Å². The van der Waals surface area contributed by atoms with E-state index < -0.39 is 0 Å². The zero-order chi connectivity index (χ0) is 14.0. The Kier molecular flexibility index (Phi) is 9.45. The maximum Gasteiger partial charge on any atom is 0.0879 e. The monoisotopic (exact) mass is 250 g/mol. The average molecular weight is 250 g/mol. The van der Waals surface area contributed by atoms with Crippen LogP contribution >= 0.6 is 0 Å². The van der Waals surface area contributed by atoms with Gasteiger partial charge in [-0.1, -0.05) is 44.6 Å². The van der Waals surface area contributed by atoms with Crippen LogP contribution in [0.15, 0.2) is 36.6 Å². The third-order valence-electron chi connectivity index (χ3n) is 3.50. The summed E-state index contributed by atoms with van der Waals surface area (Å²) in [7, 11) is 0. The quantitative estimate of drug-likeness (QED) is 0.383. The molecule has 0 rings (SSSR count). The fraction of sp³-hybridized carbons (Fsp3) is 0.647. The first-order valence-corrected chi connectivity index (χ1v) is 7.11. The van der Waals surface area contributed by atoms with Crippen molar-refractivity contribution in [2.75, 3.05) is 0 Å². The third-order valence-corrected chi connectivity index (χ3v) is 3.50. The van der Waals surface area contributed by atoms with Crippen LogP contribution in [0.4, 0.5) is 0 Å². The Hall–Kier alpha value is -0.980. The average Bonchev–Trinajstić information content (AvgIpc) is 2.29. The molecule has 0 aliphatic rings. The van der Waals surface area contributed by atoms with Crippen molar-refractivity contribution < 1.29 is 5.11 Å². The summed E-state index contributed by atoms with van der Waals surface area (Å²) in [5.74, 6) is 1.27. The second kappa shape index (κ2) is 9.99. The van der Waals surface area contributed by atoms with Gasteiger partial charge in [0.15, 0.2) is 0 Å². The van der Waals surface area contributed by atoms with E-state index in [1.807, 2.05) is 13.0 Å². The van der Waals surface area contributed by atoms with E-state index in [2.05, 4.69) is 33.1 Å². The van der Waals surface area contributed by atoms with Crippen molar-refractivity contribution >= 4 is 0 Å². The highest BCUT2D eigenvalue weighted by Gasteiger charge is 2.03. The number of aliphatic hydroxyl groups excluding tert-OH is 1. The number of hydrogen-bond acceptors (Lipinski definition) is 1. The SMILES string of the molecule is C=CCC(C)CCC/C(C)=C/CCC(C)C(=C)O. The molecule has 0 radical (unpaired) electrons. The van der Waals surface area contributed by atoms with Crippen molar-refractivity contribution in [3.8, 4) is 0 Å². The molecule has 0 aromatic rings. The van der Waals surface area contributed by atoms with Crippen LogP contribution in [0.1, 0.15) is 59.3 Å². The van der Waals surface area contributed by atoms with Crippen molar-refractivity contribution in [2.45, 2.75) is 59.3 Å². The highest BCUT2D eigenvalue weighted by Crippen LogP contribution is 2.17. The standard InChI is InChI=1S/C17H30O/c1-6-9-14(2)10-7-11-15(3)12-8-13-16(4)17(5)18/h6,12,14,16,18H,1,5,7-11,13H2,2-4H3/b15-12+. The Morgan fingerprint density at radius 2 is 1.94 bits per heavy atom. The highest BCUT2D eigenvalue weighted by atomic mass is 16.3. The van der Waals surface area contributed by atoms with Gasteiger partial charge in [0.1, 0.15) is 0 Å². The van der Waals surface area contributed by atoms with Gasteiger partial charge in [0.05, 0.1) is 5.76 Å². The van der Waals surface area contributed by atoms with Crippen molar-refractivity contribution in [1.82, 2.24) is 0 Å². The molecule has 0 aliphatic carbocycles. The minimum Gasteiger partial charge on any atom is -0.513 e. The maximum atomic E-state index is 9.22. The topological polar surface area (TPSA) is 20.2 Å². The maximum absolute atomic E-state index is 9.22. The van der Waals surface area contributed by atoms with E-state index in [0.717, 1.165) is 25.2 Å². The Labute approximate surface area is 113 Å². The van der Waals surface area contributed by atoms with Gasteiger partial charge in [0.25, 0.3) is 0 Å². The van der Waals surface area contributed by atoms with E-state index in [9.17, 15) is 5.11 Å². The van der Waals surface area contributed by atoms with Gasteiger partial charge >= 0.3 is 0 Å². The fourth-order valence-electron chi connectivity index (χ4n) is 1.98. The molecule has 0 aromatic heterocycles. The number of allylic oxidation sites excluding steroid dienone is 4. The molecule has 0 aromatic carbocycles. The molecule has 18 heavy (non-hydrogen) atoms. The van der Waals surface area contributed by atoms with Crippen LogP contribution < -0.4 is 0 Å². The first-order chi connectivity index (χ1) is 8.47. The van der Waals surface area contributed by atoms with Crippen molar-refractivity contribution in [3.63, 3.8) is 0 Å². The lowest BCUT2D eigenvalue weighted by Gasteiger charge is -2.09. The third kappa shape index (κ3) is 9.09. The molecule has 2 atom stereocenters. The van der Waals surface area contributed by atoms with Crippen LogP contribution in [-0.4, -0.2) is 5.11 Å². The predicted octanol–water partition coefficient (Wildman–Crippen LogP) is 5.80. The smallest absolute Gasteiger partial charge is 0.0879 e. The molecule has 2 unspecified atom stereocenters. The lowest BCUT2D eigenvalue weighted by Crippen LogP contribution is -1.96. The summed E-state index contributed by atoms with van der Waals surface area (Å²) in [6, 6.07) is 0. The molecule has 1 heteroatoms. The molecule has 1 nitrogen and oxygen atoms in total. The van der Waals surface area contributed by atoms with Crippen LogP contribution in [0.2, 0.25) is 0 Å². The van der Waals surface area contributed by atoms with E-state index in [-0.39, 0.29) is 5.92 Å². The van der Waals surface area contributed by atoms with E-state index in [1.165, 1.54) is 24.8 Å². The number of rotatable bonds is 10. The van der Waals surface area contributed by atoms with Crippen molar-refractivity contribution in [2.24, 2.45) is 11.8 Å². The summed E-state index contributed by atoms with van der Waals surface area (Å²) in [5, 5.41) is 9.22. The molecule has 0 heterocycles. The van der Waals surface area contributed by atoms with Gasteiger partial charge in [0, 0.05) is 5.92 Å². The molecule has 0 fully saturated rings. The molecule has 0 saturated carbocycles. The molecular formula is C17H30O. The van der Waals surface area contributed by atoms with Gasteiger partial charge in [-0.15, -0.1) is 6.58 Å². The van der Waals surface area contributed by atoms with Gasteiger partial charge in [-0.05, 0) is 44.9 Å². The zero-order valence-electron chi connectivity index (χ0n) is 12.4. The van der Waals surface area contributed by atoms with Crippen molar-refractivity contribution in [3.05, 3.63) is 36.6 Å². The Morgan fingerprint density at radius 3 is 2.50 bits per heavy atom. The molecule has 0 aliphatic heterocycles. The van der Waals surface area contributed by atoms with Crippen molar-refractivity contribution in [1.29, 1.82) is 0 Å². The van der Waals surface area contributed by atoms with Crippen LogP contribution in [0.3, 0.4) is 0 Å². The summed E-state index contributed by atoms with van der Waals surface area (Å²) in [6.45, 7) is 13.9. The molecule has 0 spiro atoms. The van der Waals surface area contributed by atoms with E-state index in [1.54, 1.807) is 0 Å². The molecule has 104 valence electrons. The first kappa shape index (κ1) is 17.0. The fourth-order valence-corrected chi connectivity index (χ4v) is 1.98. The molecule has 0 saturated heterocycles. The van der Waals surface area contributed by atoms with Gasteiger partial charge in [0.2, 0.25) is 0 Å². The Bertz CT molecular complexity index is 275. The summed E-state index contributed by atoms with van der Waals surface area (Å²) in [5.41, 5.74) is 1.47. The zero-order valence-corrected chi connectivity index (χ0v) is 12.4. The lowest BCUT2D eigenvalue weighted by molar-refractivity contribution is 0.335. The summed E-state index contributed by atoms with van der Waals surface area (Å²) < 4.78 is 0. The van der Waals surface area contributed by atoms with E-state index >= 15 is 0 Å². The number of aliphatic hydroxyl groups is 1. The van der Waals surface area contributed by atoms with Gasteiger partial charge in [-0.2, -0.15) is 0 Å². The van der Waals surface area contributed by atoms with Crippen LogP contribution in [0, 0.1) is 11.8 Å². The van der Waals surface area contributed by atoms with Crippen LogP contribution in [-0.2, 0) is 0 Å². The van der Waals surface area contributed by atoms with Crippen LogP contribution in [0.25, 0.3) is 0 Å². The largest absolute Gasteiger partial charge is 0.513 e. The molecular weight excluding hydrogens is 220 g/mol. The second-order valence-electron chi connectivity index (χ2n) is 5.54. The highest BCUT2D eigenvalue weighted by molar-refractivity contribution is 4.99. The molecule has 0 bridgehead atoms. The molecule has 1 N–H and O–H groups in total. The van der Waals surface area contributed by atoms with E-state index in [4.69, 9.17) is 0 Å². The summed E-state index contributed by atoms with van der Waals surface area (Å²) in [6.07, 6.45) is 11.2. The molecule has 0 amide bonds. The Balaban J connectivity index is 3.71. The minimum absolute atomic E-state index is 0.210.